The van der Waals surface area contributed by atoms with Crippen LogP contribution in [0.4, 0.5) is 0 Å². The first-order valence-electron chi connectivity index (χ1n) is 41.1. The summed E-state index contributed by atoms with van der Waals surface area (Å²) in [5.74, 6) is 0.637. The van der Waals surface area contributed by atoms with E-state index in [-0.39, 0.29) is 149 Å². The Morgan fingerprint density at radius 1 is 0.336 bits per heavy atom. The number of carbonyl (C=O) groups excluding carboxylic acids is 2. The number of fused-ring (bicyclic) bond motifs is 8. The van der Waals surface area contributed by atoms with E-state index in [9.17, 15) is 30.0 Å². The zero-order valence-corrected chi connectivity index (χ0v) is 82.1. The molecule has 0 saturated carbocycles. The molecule has 0 bridgehead atoms. The number of para-hydroxylation sites is 5. The summed E-state index contributed by atoms with van der Waals surface area (Å²) in [6.45, 7) is 27.9. The fraction of sp³-hybridized carbons (Fsp3) is 0.164. The number of pyridine rings is 6. The van der Waals surface area contributed by atoms with Crippen LogP contribution >= 0.6 is 0 Å². The number of phenolic OH excluding ortho intramolecular Hbond substituents is 4. The van der Waals surface area contributed by atoms with Gasteiger partial charge in [0.15, 0.2) is 11.6 Å². The van der Waals surface area contributed by atoms with Crippen LogP contribution in [0.5, 0.6) is 23.0 Å². The second-order valence-electron chi connectivity index (χ2n) is 33.9. The van der Waals surface area contributed by atoms with E-state index in [4.69, 9.17) is 25.2 Å². The molecule has 18 rings (SSSR count). The zero-order chi connectivity index (χ0) is 88.4. The topological polar surface area (TPSA) is 233 Å². The Hall–Kier alpha value is -12.1. The van der Waals surface area contributed by atoms with Crippen molar-refractivity contribution in [1.29, 1.82) is 0 Å². The van der Waals surface area contributed by atoms with Crippen molar-refractivity contribution in [2.45, 2.75) is 119 Å². The third-order valence-electron chi connectivity index (χ3n) is 21.8. The summed E-state index contributed by atoms with van der Waals surface area (Å²) in [5.41, 5.74) is 26.2. The molecule has 2 radical (unpaired) electrons. The molecule has 6 heterocycles. The van der Waals surface area contributed by atoms with Gasteiger partial charge in [0.1, 0.15) is 23.0 Å². The smallest absolute Gasteiger partial charge is 0.155 e. The molecule has 18 heteroatoms. The van der Waals surface area contributed by atoms with Crippen molar-refractivity contribution >= 4 is 33.2 Å². The van der Waals surface area contributed by atoms with Crippen molar-refractivity contribution in [3.05, 3.63) is 373 Å². The van der Waals surface area contributed by atoms with Gasteiger partial charge in [0, 0.05) is 122 Å². The van der Waals surface area contributed by atoms with Gasteiger partial charge in [-0.05, 0) is 208 Å². The number of allylic oxidation sites excluding steroid dienone is 4. The molecule has 0 saturated heterocycles. The van der Waals surface area contributed by atoms with E-state index in [1.165, 1.54) is 101 Å². The van der Waals surface area contributed by atoms with E-state index in [0.29, 0.717) is 56.4 Å². The second kappa shape index (κ2) is 43.1. The Balaban J connectivity index is 0.000000182. The van der Waals surface area contributed by atoms with Crippen LogP contribution in [0.2, 0.25) is 0 Å². The number of aliphatic hydroxyl groups is 2. The van der Waals surface area contributed by atoms with E-state index in [1.807, 2.05) is 115 Å². The Morgan fingerprint density at radius 2 is 0.680 bits per heavy atom. The van der Waals surface area contributed by atoms with E-state index in [2.05, 4.69) is 236 Å². The molecule has 0 fully saturated rings. The second-order valence-corrected chi connectivity index (χ2v) is 33.9. The minimum atomic E-state index is -0.126. The number of carbonyl (C=O) groups is 2. The largest absolute Gasteiger partial charge is 0.512 e. The molecule has 10 aromatic carbocycles. The first-order chi connectivity index (χ1) is 59.2. The number of hydrogen-bond acceptors (Lipinski definition) is 14. The summed E-state index contributed by atoms with van der Waals surface area (Å²) in [6, 6.07) is 104. The number of aliphatic hydroxyl groups excluding tert-OH is 2. The molecule has 14 nitrogen and oxygen atoms in total. The van der Waals surface area contributed by atoms with Crippen LogP contribution in [-0.2, 0) is 113 Å². The molecule has 6 aromatic heterocycles. The van der Waals surface area contributed by atoms with Crippen LogP contribution in [0.3, 0.4) is 0 Å². The Labute approximate surface area is 804 Å². The number of benzene rings is 10. The number of aromatic hydroxyl groups is 4. The monoisotopic (exact) mass is 2320 g/mol. The number of phenols is 4. The van der Waals surface area contributed by atoms with Gasteiger partial charge >= 0.3 is 0 Å². The summed E-state index contributed by atoms with van der Waals surface area (Å²) in [6.07, 6.45) is 4.22. The maximum atomic E-state index is 10.5. The van der Waals surface area contributed by atoms with Gasteiger partial charge in [-0.2, -0.15) is 0 Å². The number of nitrogens with zero attached hydrogens (tertiary/aromatic N) is 6. The molecule has 2 aliphatic carbocycles. The maximum Gasteiger partial charge on any atom is 0.155 e. The molecule has 658 valence electrons. The predicted octanol–water partition coefficient (Wildman–Crippen LogP) is 26.5. The van der Waals surface area contributed by atoms with E-state index in [0.717, 1.165) is 50.5 Å². The molecule has 0 aliphatic heterocycles. The number of aromatic nitrogens is 6. The third-order valence-corrected chi connectivity index (χ3v) is 21.8. The van der Waals surface area contributed by atoms with Crippen molar-refractivity contribution < 1.29 is 122 Å². The number of hydrogen-bond donors (Lipinski definition) is 6. The van der Waals surface area contributed by atoms with Crippen molar-refractivity contribution in [2.24, 2.45) is 0 Å². The van der Waals surface area contributed by atoms with E-state index in [1.54, 1.807) is 48.5 Å². The van der Waals surface area contributed by atoms with E-state index < -0.39 is 0 Å². The van der Waals surface area contributed by atoms with Crippen LogP contribution in [0, 0.1) is 12.1 Å². The van der Waals surface area contributed by atoms with Gasteiger partial charge < -0.3 is 35.6 Å². The van der Waals surface area contributed by atoms with Crippen LogP contribution in [0.25, 0.3) is 134 Å². The number of ketones is 2. The van der Waals surface area contributed by atoms with Gasteiger partial charge in [-0.25, -0.2) is 19.9 Å². The van der Waals surface area contributed by atoms with Gasteiger partial charge in [0.05, 0.1) is 62.6 Å². The van der Waals surface area contributed by atoms with Crippen LogP contribution in [-0.4, -0.2) is 72.1 Å². The molecule has 16 aromatic rings. The van der Waals surface area contributed by atoms with Crippen LogP contribution in [0.1, 0.15) is 130 Å². The molecule has 2 aliphatic rings. The molecule has 0 unspecified atom stereocenters. The van der Waals surface area contributed by atoms with E-state index >= 15 is 0 Å². The fourth-order valence-electron chi connectivity index (χ4n) is 15.4. The average molecular weight is 2320 g/mol. The standard InChI is InChI=1S/C30H32N2O2.2C24H18N.C22H16N2O2.2C5H8O2.2Ir.Pd.Pt/c1-29(2,3)19-15-23(21-11-7-9-13-27(21)33)31-25(17-19)26-18-20(30(4,5)6)16-24(32-26)22-12-8-10-14-28(22)34;1-24(2)20-9-5-4-8-18(20)19-13-11-17(15-21(19)24)23-14-12-16-7-3-6-10-22(16)25-23;1-24(2)21-10-6-5-9-19(21)20-12-11-17(15-22(20)24)23-18-8-4-3-7-16(18)13-14-25-23;25-21-13-3-1-7-15(21)17-9-5-11-19(23-17)20-12-6-10-18(24-20)16-8-2-4-14-22(16)26;2*1-4(6)3-5(2)7;;;;/h7-18,33-34H,1-6H3;2*3-10,12-15H,1-2H3;1-14,25-26H;2*3,6H,1-2H3;;;;/q;2*-1;;;;;;;. The first-order valence-corrected chi connectivity index (χ1v) is 41.1. The van der Waals surface area contributed by atoms with Crippen molar-refractivity contribution in [3.63, 3.8) is 0 Å². The minimum Gasteiger partial charge on any atom is -0.512 e. The summed E-state index contributed by atoms with van der Waals surface area (Å²) in [5, 5.41) is 61.4. The molecule has 128 heavy (non-hydrogen) atoms. The molecule has 0 amide bonds. The molecule has 0 spiro atoms. The molecular formula is C110H100Ir2N6O8PdPt-2. The van der Waals surface area contributed by atoms with Crippen molar-refractivity contribution in [1.82, 2.24) is 29.9 Å². The zero-order valence-electron chi connectivity index (χ0n) is 73.5. The average Bonchev–Trinajstić information content (AvgIpc) is 1.59. The Bertz CT molecular complexity index is 6520. The van der Waals surface area contributed by atoms with Gasteiger partial charge in [-0.3, -0.25) is 14.6 Å². The Morgan fingerprint density at radius 3 is 1.09 bits per heavy atom. The van der Waals surface area contributed by atoms with Crippen molar-refractivity contribution in [2.75, 3.05) is 0 Å². The quantitative estimate of drug-likeness (QED) is 0.0324. The SMILES string of the molecule is CC(=O)C=C(C)O.CC(=O)C=C(C)O.CC(C)(C)c1cc(-c2cc(C(C)(C)C)cc(-c3ccccc3O)n2)nc(-c2ccccc2O)c1.CC1(C)c2ccccc2-c2c[c-]c(-c3ccc4ccccc4n3)cc21.CC1(C)c2ccccc2-c2c[c-]c(-c3nccc4ccccc34)cc21.Oc1ccccc1-c1cccc(-c2cccc(-c3ccccc3O)n2)n1.[Ir].[Ir].[Pd].[Pt]. The normalized spacial score (nSPS) is 12.2. The van der Waals surface area contributed by atoms with Gasteiger partial charge in [-0.1, -0.05) is 255 Å². The minimum absolute atomic E-state index is 0. The maximum absolute atomic E-state index is 10.5. The van der Waals surface area contributed by atoms with Crippen LogP contribution in [0.15, 0.2) is 327 Å². The molecular weight excluding hydrogens is 2220 g/mol. The summed E-state index contributed by atoms with van der Waals surface area (Å²) in [4.78, 5) is 48.7. The fourth-order valence-corrected chi connectivity index (χ4v) is 15.4. The van der Waals surface area contributed by atoms with Gasteiger partial charge in [-0.15, -0.1) is 58.7 Å². The number of rotatable bonds is 10. The first kappa shape index (κ1) is 99.7. The van der Waals surface area contributed by atoms with Crippen molar-refractivity contribution in [3.8, 4) is 136 Å². The molecule has 6 N–H and O–H groups in total. The Kier molecular flexibility index (Phi) is 33.6. The molecule has 0 atom stereocenters. The third kappa shape index (κ3) is 23.4. The van der Waals surface area contributed by atoms with Gasteiger partial charge in [0.2, 0.25) is 0 Å². The van der Waals surface area contributed by atoms with Crippen LogP contribution < -0.4 is 0 Å². The summed E-state index contributed by atoms with van der Waals surface area (Å²) < 4.78 is 0. The van der Waals surface area contributed by atoms with Gasteiger partial charge in [0.25, 0.3) is 0 Å². The summed E-state index contributed by atoms with van der Waals surface area (Å²) >= 11 is 0. The predicted molar refractivity (Wildman–Crippen MR) is 502 cm³/mol. The summed E-state index contributed by atoms with van der Waals surface area (Å²) in [7, 11) is 0.